The number of unbranched alkanes of at least 4 members (excludes halogenated alkanes) is 1. The second-order valence-electron chi connectivity index (χ2n) is 3.30. The van der Waals surface area contributed by atoms with Gasteiger partial charge in [-0.15, -0.1) is 0 Å². The monoisotopic (exact) mass is 190 g/mol. The summed E-state index contributed by atoms with van der Waals surface area (Å²) < 4.78 is 0. The molecule has 0 spiro atoms. The van der Waals surface area contributed by atoms with Gasteiger partial charge in [0.2, 0.25) is 0 Å². The van der Waals surface area contributed by atoms with E-state index < -0.39 is 0 Å². The van der Waals surface area contributed by atoms with E-state index in [0.717, 1.165) is 0 Å². The molecule has 0 heterocycles. The van der Waals surface area contributed by atoms with E-state index in [1.165, 1.54) is 25.8 Å². The first-order valence-electron chi connectivity index (χ1n) is 5.33. The summed E-state index contributed by atoms with van der Waals surface area (Å²) in [5.74, 6) is 0. The van der Waals surface area contributed by atoms with Crippen LogP contribution >= 0.6 is 0 Å². The standard InChI is InChI=1S/C5H13N.C4H10.C2H7N/c1-4-5-6(2)3;1-3-4-2;1-3-2/h4-5H2,1-3H3;3-4H2,1-2H3;3H,1-2H3. The molecule has 0 amide bonds. The van der Waals surface area contributed by atoms with Crippen molar-refractivity contribution in [1.29, 1.82) is 0 Å². The summed E-state index contributed by atoms with van der Waals surface area (Å²) in [5, 5.41) is 2.75. The molecule has 0 aliphatic carbocycles. The summed E-state index contributed by atoms with van der Waals surface area (Å²) >= 11 is 0. The lowest BCUT2D eigenvalue weighted by atomic mass is 10.4. The number of hydrogen-bond acceptors (Lipinski definition) is 2. The van der Waals surface area contributed by atoms with Crippen molar-refractivity contribution in [2.75, 3.05) is 34.7 Å². The van der Waals surface area contributed by atoms with E-state index in [4.69, 9.17) is 0 Å². The van der Waals surface area contributed by atoms with Crippen molar-refractivity contribution in [3.05, 3.63) is 0 Å². The lowest BCUT2D eigenvalue weighted by Gasteiger charge is -2.03. The minimum Gasteiger partial charge on any atom is -0.323 e. The molecular weight excluding hydrogens is 160 g/mol. The van der Waals surface area contributed by atoms with Gasteiger partial charge in [0, 0.05) is 0 Å². The molecule has 0 unspecified atom stereocenters. The highest BCUT2D eigenvalue weighted by Crippen LogP contribution is 1.77. The topological polar surface area (TPSA) is 15.3 Å². The van der Waals surface area contributed by atoms with Crippen LogP contribution in [0.3, 0.4) is 0 Å². The van der Waals surface area contributed by atoms with Crippen molar-refractivity contribution >= 4 is 0 Å². The Bertz CT molecular complexity index is 52.1. The molecule has 0 atom stereocenters. The predicted molar refractivity (Wildman–Crippen MR) is 64.4 cm³/mol. The van der Waals surface area contributed by atoms with Crippen LogP contribution in [0, 0.1) is 0 Å². The highest BCUT2D eigenvalue weighted by Gasteiger charge is 1.79. The Labute approximate surface area is 85.7 Å². The molecule has 13 heavy (non-hydrogen) atoms. The van der Waals surface area contributed by atoms with Crippen LogP contribution in [-0.4, -0.2) is 39.6 Å². The largest absolute Gasteiger partial charge is 0.323 e. The molecule has 0 aromatic carbocycles. The van der Waals surface area contributed by atoms with E-state index in [2.05, 4.69) is 45.1 Å². The zero-order chi connectivity index (χ0) is 11.1. The SMILES string of the molecule is CCCC.CCCN(C)C.CNC. The minimum atomic E-state index is 1.21. The maximum atomic E-state index is 2.75. The Kier molecular flexibility index (Phi) is 32.5. The summed E-state index contributed by atoms with van der Waals surface area (Å²) in [6.07, 6.45) is 3.90. The Balaban J connectivity index is -0.000000125. The third kappa shape index (κ3) is 76.3. The van der Waals surface area contributed by atoms with E-state index in [9.17, 15) is 0 Å². The number of hydrogen-bond donors (Lipinski definition) is 1. The first kappa shape index (κ1) is 18.7. The van der Waals surface area contributed by atoms with Gasteiger partial charge in [0.1, 0.15) is 0 Å². The smallest absolute Gasteiger partial charge is 0.00275 e. The van der Waals surface area contributed by atoms with Crippen LogP contribution in [0.2, 0.25) is 0 Å². The molecule has 0 aromatic rings. The summed E-state index contributed by atoms with van der Waals surface area (Å²) in [5.41, 5.74) is 0. The molecule has 1 N–H and O–H groups in total. The molecule has 2 heteroatoms. The second kappa shape index (κ2) is 22.7. The summed E-state index contributed by atoms with van der Waals surface area (Å²) in [7, 11) is 7.92. The number of nitrogens with one attached hydrogen (secondary N) is 1. The van der Waals surface area contributed by atoms with Crippen molar-refractivity contribution in [3.63, 3.8) is 0 Å². The fraction of sp³-hybridized carbons (Fsp3) is 1.00. The first-order valence-corrected chi connectivity index (χ1v) is 5.33. The molecular formula is C11H30N2. The van der Waals surface area contributed by atoms with E-state index >= 15 is 0 Å². The van der Waals surface area contributed by atoms with E-state index in [-0.39, 0.29) is 0 Å². The van der Waals surface area contributed by atoms with Crippen LogP contribution in [0.5, 0.6) is 0 Å². The van der Waals surface area contributed by atoms with Gasteiger partial charge in [-0.05, 0) is 41.2 Å². The molecule has 0 aliphatic rings. The third-order valence-corrected chi connectivity index (χ3v) is 1.17. The number of rotatable bonds is 3. The van der Waals surface area contributed by atoms with Gasteiger partial charge < -0.3 is 10.2 Å². The molecule has 0 saturated carbocycles. The van der Waals surface area contributed by atoms with E-state index in [1.54, 1.807) is 0 Å². The summed E-state index contributed by atoms with van der Waals surface area (Å²) in [4.78, 5) is 2.18. The number of nitrogens with zero attached hydrogens (tertiary/aromatic N) is 1. The van der Waals surface area contributed by atoms with Gasteiger partial charge in [-0.25, -0.2) is 0 Å². The van der Waals surface area contributed by atoms with Crippen LogP contribution in [0.1, 0.15) is 40.0 Å². The predicted octanol–water partition coefficient (Wildman–Crippen LogP) is 2.60. The van der Waals surface area contributed by atoms with Crippen LogP contribution in [-0.2, 0) is 0 Å². The molecule has 0 aliphatic heterocycles. The summed E-state index contributed by atoms with van der Waals surface area (Å²) in [6, 6.07) is 0. The lowest BCUT2D eigenvalue weighted by molar-refractivity contribution is 0.408. The van der Waals surface area contributed by atoms with Crippen LogP contribution in [0.15, 0.2) is 0 Å². The molecule has 0 fully saturated rings. The molecule has 0 aromatic heterocycles. The third-order valence-electron chi connectivity index (χ3n) is 1.17. The average Bonchev–Trinajstić information content (AvgIpc) is 2.06. The van der Waals surface area contributed by atoms with Gasteiger partial charge >= 0.3 is 0 Å². The fourth-order valence-electron chi connectivity index (χ4n) is 0.447. The van der Waals surface area contributed by atoms with Gasteiger partial charge in [0.25, 0.3) is 0 Å². The zero-order valence-electron chi connectivity index (χ0n) is 10.8. The average molecular weight is 190 g/mol. The van der Waals surface area contributed by atoms with Crippen molar-refractivity contribution < 1.29 is 0 Å². The molecule has 0 rings (SSSR count). The quantitative estimate of drug-likeness (QED) is 0.736. The minimum absolute atomic E-state index is 1.21. The van der Waals surface area contributed by atoms with Crippen molar-refractivity contribution in [2.45, 2.75) is 40.0 Å². The fourth-order valence-corrected chi connectivity index (χ4v) is 0.447. The van der Waals surface area contributed by atoms with Crippen molar-refractivity contribution in [3.8, 4) is 0 Å². The first-order chi connectivity index (χ1) is 6.10. The van der Waals surface area contributed by atoms with Crippen LogP contribution < -0.4 is 5.32 Å². The lowest BCUT2D eigenvalue weighted by Crippen LogP contribution is -2.11. The summed E-state index contributed by atoms with van der Waals surface area (Å²) in [6.45, 7) is 7.75. The van der Waals surface area contributed by atoms with Crippen LogP contribution in [0.4, 0.5) is 0 Å². The zero-order valence-corrected chi connectivity index (χ0v) is 10.8. The highest BCUT2D eigenvalue weighted by molar-refractivity contribution is 4.34. The van der Waals surface area contributed by atoms with Crippen molar-refractivity contribution in [2.24, 2.45) is 0 Å². The Hall–Kier alpha value is -0.0800. The Morgan fingerprint density at radius 2 is 1.15 bits per heavy atom. The molecule has 2 nitrogen and oxygen atoms in total. The molecule has 0 saturated heterocycles. The van der Waals surface area contributed by atoms with Gasteiger partial charge in [0.15, 0.2) is 0 Å². The molecule has 0 radical (unpaired) electrons. The highest BCUT2D eigenvalue weighted by atomic mass is 15.0. The molecule has 0 bridgehead atoms. The second-order valence-corrected chi connectivity index (χ2v) is 3.30. The Morgan fingerprint density at radius 1 is 0.846 bits per heavy atom. The van der Waals surface area contributed by atoms with Gasteiger partial charge in [-0.2, -0.15) is 0 Å². The van der Waals surface area contributed by atoms with Gasteiger partial charge in [-0.1, -0.05) is 33.6 Å². The van der Waals surface area contributed by atoms with Crippen LogP contribution in [0.25, 0.3) is 0 Å². The molecule has 84 valence electrons. The maximum Gasteiger partial charge on any atom is -0.00275 e. The van der Waals surface area contributed by atoms with E-state index in [1.807, 2.05) is 14.1 Å². The Morgan fingerprint density at radius 3 is 1.15 bits per heavy atom. The normalized spacial score (nSPS) is 8.31. The van der Waals surface area contributed by atoms with Gasteiger partial charge in [-0.3, -0.25) is 0 Å². The van der Waals surface area contributed by atoms with E-state index in [0.29, 0.717) is 0 Å². The van der Waals surface area contributed by atoms with Gasteiger partial charge in [0.05, 0.1) is 0 Å². The van der Waals surface area contributed by atoms with Crippen molar-refractivity contribution in [1.82, 2.24) is 10.2 Å². The maximum absolute atomic E-state index is 2.75.